The van der Waals surface area contributed by atoms with Crippen molar-refractivity contribution in [3.8, 4) is 5.75 Å². The summed E-state index contributed by atoms with van der Waals surface area (Å²) in [6, 6.07) is 9.64. The van der Waals surface area contributed by atoms with Gasteiger partial charge in [0, 0.05) is 18.3 Å². The van der Waals surface area contributed by atoms with Crippen LogP contribution >= 0.6 is 0 Å². The van der Waals surface area contributed by atoms with Crippen LogP contribution in [0.4, 0.5) is 16.2 Å². The molecule has 0 fully saturated rings. The zero-order valence-corrected chi connectivity index (χ0v) is 12.2. The average molecular weight is 297 g/mol. The van der Waals surface area contributed by atoms with Crippen LogP contribution in [0.25, 0.3) is 11.1 Å². The lowest BCUT2D eigenvalue weighted by molar-refractivity contribution is 0.262. The number of aryl methyl sites for hydroxylation is 2. The number of phenols is 1. The van der Waals surface area contributed by atoms with E-state index < -0.39 is 0 Å². The van der Waals surface area contributed by atoms with Crippen LogP contribution in [-0.4, -0.2) is 16.1 Å². The first-order valence-corrected chi connectivity index (χ1v) is 6.76. The van der Waals surface area contributed by atoms with Gasteiger partial charge < -0.3 is 20.2 Å². The summed E-state index contributed by atoms with van der Waals surface area (Å²) in [4.78, 5) is 16.3. The quantitative estimate of drug-likeness (QED) is 0.628. The number of aromatic hydroxyl groups is 1. The summed E-state index contributed by atoms with van der Waals surface area (Å²) < 4.78 is 5.39. The lowest BCUT2D eigenvalue weighted by Crippen LogP contribution is -2.19. The third kappa shape index (κ3) is 2.85. The first-order valence-electron chi connectivity index (χ1n) is 6.76. The molecule has 0 bridgehead atoms. The molecule has 6 heteroatoms. The fourth-order valence-corrected chi connectivity index (χ4v) is 2.19. The topological polar surface area (TPSA) is 87.4 Å². The van der Waals surface area contributed by atoms with E-state index in [0.29, 0.717) is 28.4 Å². The number of oxazole rings is 1. The highest BCUT2D eigenvalue weighted by Gasteiger charge is 2.08. The van der Waals surface area contributed by atoms with Crippen LogP contribution in [0.5, 0.6) is 5.75 Å². The number of carbonyl (C=O) groups is 1. The number of hydrogen-bond acceptors (Lipinski definition) is 4. The number of nitrogens with zero attached hydrogens (tertiary/aromatic N) is 1. The molecule has 3 N–H and O–H groups in total. The van der Waals surface area contributed by atoms with Gasteiger partial charge in [0.05, 0.1) is 0 Å². The second-order valence-corrected chi connectivity index (χ2v) is 4.99. The number of aromatic nitrogens is 1. The Morgan fingerprint density at radius 1 is 1.14 bits per heavy atom. The van der Waals surface area contributed by atoms with Crippen LogP contribution in [0.1, 0.15) is 11.5 Å². The van der Waals surface area contributed by atoms with Gasteiger partial charge in [0.1, 0.15) is 11.3 Å². The third-order valence-corrected chi connectivity index (χ3v) is 3.21. The Hall–Kier alpha value is -3.02. The lowest BCUT2D eigenvalue weighted by atomic mass is 10.2. The molecule has 22 heavy (non-hydrogen) atoms. The van der Waals surface area contributed by atoms with Gasteiger partial charge in [-0.2, -0.15) is 0 Å². The Morgan fingerprint density at radius 3 is 2.73 bits per heavy atom. The minimum absolute atomic E-state index is 0.162. The van der Waals surface area contributed by atoms with Crippen molar-refractivity contribution in [3.63, 3.8) is 0 Å². The van der Waals surface area contributed by atoms with E-state index in [-0.39, 0.29) is 11.8 Å². The first kappa shape index (κ1) is 13.9. The normalized spacial score (nSPS) is 10.6. The third-order valence-electron chi connectivity index (χ3n) is 3.21. The van der Waals surface area contributed by atoms with E-state index in [1.807, 2.05) is 0 Å². The number of benzene rings is 2. The maximum atomic E-state index is 12.0. The number of amides is 2. The maximum absolute atomic E-state index is 12.0. The second kappa shape index (κ2) is 5.40. The summed E-state index contributed by atoms with van der Waals surface area (Å²) in [5.41, 5.74) is 3.40. The Labute approximate surface area is 126 Å². The molecule has 1 heterocycles. The SMILES string of the molecule is Cc1nc2cc(NC(=O)Nc3ccc(O)cc3C)ccc2o1. The minimum Gasteiger partial charge on any atom is -0.508 e. The van der Waals surface area contributed by atoms with Crippen LogP contribution in [0.3, 0.4) is 0 Å². The van der Waals surface area contributed by atoms with E-state index in [1.165, 1.54) is 6.07 Å². The van der Waals surface area contributed by atoms with Gasteiger partial charge in [-0.25, -0.2) is 9.78 Å². The molecule has 3 aromatic rings. The molecule has 0 saturated heterocycles. The summed E-state index contributed by atoms with van der Waals surface area (Å²) in [6.45, 7) is 3.58. The molecule has 0 aliphatic heterocycles. The summed E-state index contributed by atoms with van der Waals surface area (Å²) in [7, 11) is 0. The van der Waals surface area contributed by atoms with Crippen molar-refractivity contribution in [2.45, 2.75) is 13.8 Å². The van der Waals surface area contributed by atoms with Crippen LogP contribution in [0, 0.1) is 13.8 Å². The van der Waals surface area contributed by atoms with Gasteiger partial charge in [-0.05, 0) is 48.9 Å². The Bertz CT molecular complexity index is 855. The molecular weight excluding hydrogens is 282 g/mol. The van der Waals surface area contributed by atoms with Crippen molar-refractivity contribution in [2.75, 3.05) is 10.6 Å². The van der Waals surface area contributed by atoms with Gasteiger partial charge in [0.25, 0.3) is 0 Å². The number of nitrogens with one attached hydrogen (secondary N) is 2. The standard InChI is InChI=1S/C16H15N3O3/c1-9-7-12(20)4-5-13(9)19-16(21)18-11-3-6-15-14(8-11)17-10(2)22-15/h3-8,20H,1-2H3,(H2,18,19,21). The second-order valence-electron chi connectivity index (χ2n) is 4.99. The van der Waals surface area contributed by atoms with Gasteiger partial charge in [0.15, 0.2) is 11.5 Å². The van der Waals surface area contributed by atoms with Crippen molar-refractivity contribution in [2.24, 2.45) is 0 Å². The number of phenolic OH excluding ortho intramolecular Hbond substituents is 1. The number of anilines is 2. The van der Waals surface area contributed by atoms with Crippen molar-refractivity contribution in [3.05, 3.63) is 47.9 Å². The minimum atomic E-state index is -0.367. The largest absolute Gasteiger partial charge is 0.508 e. The van der Waals surface area contributed by atoms with Crippen LogP contribution in [0.2, 0.25) is 0 Å². The highest BCUT2D eigenvalue weighted by atomic mass is 16.3. The van der Waals surface area contributed by atoms with E-state index in [4.69, 9.17) is 4.42 Å². The molecule has 0 saturated carbocycles. The van der Waals surface area contributed by atoms with E-state index in [1.54, 1.807) is 44.2 Å². The molecule has 6 nitrogen and oxygen atoms in total. The predicted molar refractivity (Wildman–Crippen MR) is 84.2 cm³/mol. The van der Waals surface area contributed by atoms with Crippen molar-refractivity contribution in [1.29, 1.82) is 0 Å². The van der Waals surface area contributed by atoms with Gasteiger partial charge in [-0.1, -0.05) is 0 Å². The zero-order valence-electron chi connectivity index (χ0n) is 12.2. The molecule has 0 radical (unpaired) electrons. The first-order chi connectivity index (χ1) is 10.5. The molecule has 3 rings (SSSR count). The van der Waals surface area contributed by atoms with Crippen molar-refractivity contribution >= 4 is 28.5 Å². The fourth-order valence-electron chi connectivity index (χ4n) is 2.19. The molecular formula is C16H15N3O3. The Morgan fingerprint density at radius 2 is 1.95 bits per heavy atom. The van der Waals surface area contributed by atoms with E-state index >= 15 is 0 Å². The fraction of sp³-hybridized carbons (Fsp3) is 0.125. The summed E-state index contributed by atoms with van der Waals surface area (Å²) >= 11 is 0. The van der Waals surface area contributed by atoms with Crippen LogP contribution in [-0.2, 0) is 0 Å². The zero-order chi connectivity index (χ0) is 15.7. The lowest BCUT2D eigenvalue weighted by Gasteiger charge is -2.10. The van der Waals surface area contributed by atoms with Gasteiger partial charge >= 0.3 is 6.03 Å². The molecule has 2 aromatic carbocycles. The van der Waals surface area contributed by atoms with E-state index in [0.717, 1.165) is 5.56 Å². The number of urea groups is 1. The predicted octanol–water partition coefficient (Wildman–Crippen LogP) is 3.79. The summed E-state index contributed by atoms with van der Waals surface area (Å²) in [5.74, 6) is 0.742. The van der Waals surface area contributed by atoms with Gasteiger partial charge in [-0.15, -0.1) is 0 Å². The molecule has 0 unspecified atom stereocenters. The smallest absolute Gasteiger partial charge is 0.323 e. The summed E-state index contributed by atoms with van der Waals surface area (Å²) in [5, 5.41) is 14.8. The number of carbonyl (C=O) groups excluding carboxylic acids is 1. The molecule has 0 spiro atoms. The van der Waals surface area contributed by atoms with E-state index in [2.05, 4.69) is 15.6 Å². The number of fused-ring (bicyclic) bond motifs is 1. The Kier molecular flexibility index (Phi) is 3.42. The number of rotatable bonds is 2. The highest BCUT2D eigenvalue weighted by Crippen LogP contribution is 2.22. The number of hydrogen-bond donors (Lipinski definition) is 3. The van der Waals surface area contributed by atoms with Crippen molar-refractivity contribution < 1.29 is 14.3 Å². The molecule has 112 valence electrons. The van der Waals surface area contributed by atoms with Crippen LogP contribution < -0.4 is 10.6 Å². The molecule has 1 aromatic heterocycles. The molecule has 0 aliphatic carbocycles. The molecule has 0 atom stereocenters. The monoisotopic (exact) mass is 297 g/mol. The molecule has 0 aliphatic rings. The maximum Gasteiger partial charge on any atom is 0.323 e. The average Bonchev–Trinajstić information content (AvgIpc) is 2.81. The van der Waals surface area contributed by atoms with Crippen molar-refractivity contribution in [1.82, 2.24) is 4.98 Å². The van der Waals surface area contributed by atoms with E-state index in [9.17, 15) is 9.90 Å². The highest BCUT2D eigenvalue weighted by molar-refractivity contribution is 6.01. The van der Waals surface area contributed by atoms with Gasteiger partial charge in [-0.3, -0.25) is 0 Å². The summed E-state index contributed by atoms with van der Waals surface area (Å²) in [6.07, 6.45) is 0. The van der Waals surface area contributed by atoms with Gasteiger partial charge in [0.2, 0.25) is 0 Å². The molecule has 2 amide bonds. The van der Waals surface area contributed by atoms with Crippen LogP contribution in [0.15, 0.2) is 40.8 Å². The Balaban J connectivity index is 1.74.